The average Bonchev–Trinajstić information content (AvgIpc) is 2.59. The minimum Gasteiger partial charge on any atom is -0.507 e. The lowest BCUT2D eigenvalue weighted by Gasteiger charge is -2.47. The van der Waals surface area contributed by atoms with Crippen LogP contribution in [0.5, 0.6) is 5.75 Å². The molecule has 1 aliphatic heterocycles. The zero-order valence-electron chi connectivity index (χ0n) is 13.7. The van der Waals surface area contributed by atoms with Gasteiger partial charge in [0.15, 0.2) is 0 Å². The SMILES string of the molecule is O=C(c1cc2ccccc2cc1O)N1CCC2(O)CCCCC2C1. The van der Waals surface area contributed by atoms with Crippen LogP contribution in [0.25, 0.3) is 10.8 Å². The highest BCUT2D eigenvalue weighted by Crippen LogP contribution is 2.40. The summed E-state index contributed by atoms with van der Waals surface area (Å²) in [6, 6.07) is 11.1. The lowest BCUT2D eigenvalue weighted by molar-refractivity contribution is -0.0886. The van der Waals surface area contributed by atoms with Crippen molar-refractivity contribution >= 4 is 16.7 Å². The zero-order chi connectivity index (χ0) is 16.7. The number of likely N-dealkylation sites (tertiary alicyclic amines) is 1. The standard InChI is InChI=1S/C20H23NO3/c22-18-12-15-6-2-1-5-14(15)11-17(18)19(23)21-10-9-20(24)8-4-3-7-16(20)13-21/h1-2,5-6,11-12,16,22,24H,3-4,7-10,13H2. The fraction of sp³-hybridized carbons (Fsp3) is 0.450. The van der Waals surface area contributed by atoms with Crippen LogP contribution in [0.1, 0.15) is 42.5 Å². The molecule has 1 aliphatic carbocycles. The Bertz CT molecular complexity index is 788. The van der Waals surface area contributed by atoms with Crippen molar-refractivity contribution in [1.29, 1.82) is 0 Å². The molecular formula is C20H23NO3. The van der Waals surface area contributed by atoms with Gasteiger partial charge in [0.25, 0.3) is 5.91 Å². The average molecular weight is 325 g/mol. The molecule has 2 aromatic rings. The Balaban J connectivity index is 1.61. The van der Waals surface area contributed by atoms with Gasteiger partial charge in [0, 0.05) is 19.0 Å². The van der Waals surface area contributed by atoms with Crippen molar-refractivity contribution in [2.24, 2.45) is 5.92 Å². The van der Waals surface area contributed by atoms with Gasteiger partial charge in [-0.2, -0.15) is 0 Å². The molecular weight excluding hydrogens is 302 g/mol. The summed E-state index contributed by atoms with van der Waals surface area (Å²) in [6.07, 6.45) is 4.66. The van der Waals surface area contributed by atoms with E-state index in [4.69, 9.17) is 0 Å². The van der Waals surface area contributed by atoms with Gasteiger partial charge in [-0.25, -0.2) is 0 Å². The quantitative estimate of drug-likeness (QED) is 0.845. The summed E-state index contributed by atoms with van der Waals surface area (Å²) in [5.74, 6) is 0.0561. The number of amides is 1. The van der Waals surface area contributed by atoms with E-state index in [1.54, 1.807) is 17.0 Å². The molecule has 4 rings (SSSR count). The summed E-state index contributed by atoms with van der Waals surface area (Å²) in [4.78, 5) is 14.7. The summed E-state index contributed by atoms with van der Waals surface area (Å²) < 4.78 is 0. The molecule has 2 aromatic carbocycles. The van der Waals surface area contributed by atoms with Gasteiger partial charge in [0.05, 0.1) is 11.2 Å². The Morgan fingerprint density at radius 1 is 1.12 bits per heavy atom. The summed E-state index contributed by atoms with van der Waals surface area (Å²) in [6.45, 7) is 1.14. The maximum Gasteiger partial charge on any atom is 0.257 e. The van der Waals surface area contributed by atoms with Gasteiger partial charge in [-0.05, 0) is 42.2 Å². The number of fused-ring (bicyclic) bond motifs is 2. The Hall–Kier alpha value is -2.07. The normalized spacial score (nSPS) is 27.0. The second-order valence-corrected chi connectivity index (χ2v) is 7.26. The number of aliphatic hydroxyl groups is 1. The highest BCUT2D eigenvalue weighted by atomic mass is 16.3. The Kier molecular flexibility index (Phi) is 3.72. The van der Waals surface area contributed by atoms with Gasteiger partial charge < -0.3 is 15.1 Å². The maximum absolute atomic E-state index is 12.9. The summed E-state index contributed by atoms with van der Waals surface area (Å²) in [7, 11) is 0. The van der Waals surface area contributed by atoms with E-state index < -0.39 is 5.60 Å². The summed E-state index contributed by atoms with van der Waals surface area (Å²) in [5.41, 5.74) is -0.240. The number of hydrogen-bond donors (Lipinski definition) is 2. The van der Waals surface area contributed by atoms with Crippen molar-refractivity contribution in [3.63, 3.8) is 0 Å². The van der Waals surface area contributed by atoms with Gasteiger partial charge in [0.1, 0.15) is 5.75 Å². The number of carbonyl (C=O) groups excluding carboxylic acids is 1. The smallest absolute Gasteiger partial charge is 0.257 e. The van der Waals surface area contributed by atoms with Crippen LogP contribution in [0.2, 0.25) is 0 Å². The molecule has 2 aliphatic rings. The number of aromatic hydroxyl groups is 1. The van der Waals surface area contributed by atoms with Crippen LogP contribution in [-0.4, -0.2) is 39.7 Å². The minimum atomic E-state index is -0.597. The van der Waals surface area contributed by atoms with Gasteiger partial charge in [-0.15, -0.1) is 0 Å². The highest BCUT2D eigenvalue weighted by Gasteiger charge is 2.44. The van der Waals surface area contributed by atoms with Crippen molar-refractivity contribution in [2.45, 2.75) is 37.7 Å². The first-order valence-corrected chi connectivity index (χ1v) is 8.80. The third-order valence-corrected chi connectivity index (χ3v) is 5.81. The van der Waals surface area contributed by atoms with Crippen LogP contribution >= 0.6 is 0 Å². The summed E-state index contributed by atoms with van der Waals surface area (Å²) >= 11 is 0. The van der Waals surface area contributed by atoms with Crippen LogP contribution in [0.4, 0.5) is 0 Å². The predicted octanol–water partition coefficient (Wildman–Crippen LogP) is 3.31. The lowest BCUT2D eigenvalue weighted by atomic mass is 9.71. The highest BCUT2D eigenvalue weighted by molar-refractivity contribution is 6.01. The zero-order valence-corrected chi connectivity index (χ0v) is 13.7. The third kappa shape index (κ3) is 2.55. The van der Waals surface area contributed by atoms with E-state index in [1.165, 1.54) is 0 Å². The van der Waals surface area contributed by atoms with Crippen molar-refractivity contribution < 1.29 is 15.0 Å². The Morgan fingerprint density at radius 2 is 1.88 bits per heavy atom. The molecule has 1 saturated heterocycles. The van der Waals surface area contributed by atoms with Gasteiger partial charge in [-0.3, -0.25) is 4.79 Å². The van der Waals surface area contributed by atoms with E-state index in [0.29, 0.717) is 25.1 Å². The van der Waals surface area contributed by atoms with Crippen LogP contribution in [0, 0.1) is 5.92 Å². The first-order valence-electron chi connectivity index (χ1n) is 8.80. The van der Waals surface area contributed by atoms with E-state index in [1.807, 2.05) is 24.3 Å². The maximum atomic E-state index is 12.9. The number of piperidine rings is 1. The number of phenols is 1. The molecule has 1 saturated carbocycles. The topological polar surface area (TPSA) is 60.8 Å². The second kappa shape index (κ2) is 5.78. The molecule has 2 N–H and O–H groups in total. The van der Waals surface area contributed by atoms with E-state index in [-0.39, 0.29) is 17.6 Å². The molecule has 4 nitrogen and oxygen atoms in total. The molecule has 0 aromatic heterocycles. The van der Waals surface area contributed by atoms with Crippen LogP contribution in [0.15, 0.2) is 36.4 Å². The van der Waals surface area contributed by atoms with Gasteiger partial charge in [0.2, 0.25) is 0 Å². The largest absolute Gasteiger partial charge is 0.507 e. The van der Waals surface area contributed by atoms with Crippen LogP contribution in [0.3, 0.4) is 0 Å². The number of hydrogen-bond acceptors (Lipinski definition) is 3. The number of phenolic OH excluding ortho intramolecular Hbond substituents is 1. The molecule has 126 valence electrons. The molecule has 0 radical (unpaired) electrons. The fourth-order valence-electron chi connectivity index (χ4n) is 4.33. The first kappa shape index (κ1) is 15.5. The molecule has 4 heteroatoms. The molecule has 1 heterocycles. The third-order valence-electron chi connectivity index (χ3n) is 5.81. The van der Waals surface area contributed by atoms with E-state index in [9.17, 15) is 15.0 Å². The number of rotatable bonds is 1. The first-order chi connectivity index (χ1) is 11.6. The molecule has 2 atom stereocenters. The monoisotopic (exact) mass is 325 g/mol. The predicted molar refractivity (Wildman–Crippen MR) is 93.0 cm³/mol. The minimum absolute atomic E-state index is 0.0307. The van der Waals surface area contributed by atoms with E-state index in [2.05, 4.69) is 0 Å². The van der Waals surface area contributed by atoms with Gasteiger partial charge in [-0.1, -0.05) is 37.1 Å². The number of nitrogens with zero attached hydrogens (tertiary/aromatic N) is 1. The van der Waals surface area contributed by atoms with Crippen molar-refractivity contribution in [3.8, 4) is 5.75 Å². The Morgan fingerprint density at radius 3 is 2.67 bits per heavy atom. The number of carbonyl (C=O) groups is 1. The lowest BCUT2D eigenvalue weighted by Crippen LogP contribution is -2.54. The van der Waals surface area contributed by atoms with E-state index in [0.717, 1.165) is 36.5 Å². The van der Waals surface area contributed by atoms with E-state index >= 15 is 0 Å². The van der Waals surface area contributed by atoms with Crippen molar-refractivity contribution in [3.05, 3.63) is 42.0 Å². The van der Waals surface area contributed by atoms with Crippen molar-refractivity contribution in [1.82, 2.24) is 4.90 Å². The molecule has 0 spiro atoms. The second-order valence-electron chi connectivity index (χ2n) is 7.26. The fourth-order valence-corrected chi connectivity index (χ4v) is 4.33. The molecule has 24 heavy (non-hydrogen) atoms. The van der Waals surface area contributed by atoms with Crippen LogP contribution < -0.4 is 0 Å². The molecule has 0 bridgehead atoms. The van der Waals surface area contributed by atoms with Gasteiger partial charge >= 0.3 is 0 Å². The van der Waals surface area contributed by atoms with Crippen molar-refractivity contribution in [2.75, 3.05) is 13.1 Å². The number of benzene rings is 2. The molecule has 2 unspecified atom stereocenters. The molecule has 2 fully saturated rings. The summed E-state index contributed by atoms with van der Waals surface area (Å²) in [5, 5.41) is 22.9. The van der Waals surface area contributed by atoms with Crippen LogP contribution in [-0.2, 0) is 0 Å². The Labute approximate surface area is 141 Å². The molecule has 1 amide bonds.